The Labute approximate surface area is 86.3 Å². The highest BCUT2D eigenvalue weighted by molar-refractivity contribution is 9.10. The molecule has 1 rings (SSSR count). The van der Waals surface area contributed by atoms with E-state index < -0.39 is 0 Å². The summed E-state index contributed by atoms with van der Waals surface area (Å²) in [5, 5.41) is 11.8. The third-order valence-electron chi connectivity index (χ3n) is 1.74. The van der Waals surface area contributed by atoms with Crippen LogP contribution in [0.15, 0.2) is 21.2 Å². The van der Waals surface area contributed by atoms with Crippen molar-refractivity contribution in [2.24, 2.45) is 0 Å². The number of furan rings is 1. The van der Waals surface area contributed by atoms with E-state index in [9.17, 15) is 0 Å². The molecule has 0 saturated carbocycles. The summed E-state index contributed by atoms with van der Waals surface area (Å²) in [6.07, 6.45) is 3.51. The average molecular weight is 248 g/mol. The zero-order valence-electron chi connectivity index (χ0n) is 7.42. The third kappa shape index (κ3) is 3.93. The lowest BCUT2D eigenvalue weighted by atomic mass is 10.3. The van der Waals surface area contributed by atoms with Gasteiger partial charge in [0.25, 0.3) is 0 Å². The molecule has 13 heavy (non-hydrogen) atoms. The summed E-state index contributed by atoms with van der Waals surface area (Å²) >= 11 is 3.38. The molecule has 74 valence electrons. The molecule has 0 bridgehead atoms. The van der Waals surface area contributed by atoms with Gasteiger partial charge in [0.2, 0.25) is 0 Å². The lowest BCUT2D eigenvalue weighted by Crippen LogP contribution is -2.14. The molecule has 0 aliphatic heterocycles. The molecule has 0 fully saturated rings. The smallest absolute Gasteiger partial charge is 0.131 e. The number of rotatable bonds is 6. The minimum Gasteiger partial charge on any atom is -0.467 e. The zero-order chi connectivity index (χ0) is 9.52. The van der Waals surface area contributed by atoms with E-state index in [2.05, 4.69) is 21.2 Å². The van der Waals surface area contributed by atoms with Gasteiger partial charge >= 0.3 is 0 Å². The van der Waals surface area contributed by atoms with Gasteiger partial charge in [0.05, 0.1) is 17.3 Å². The highest BCUT2D eigenvalue weighted by Crippen LogP contribution is 2.16. The Morgan fingerprint density at radius 2 is 2.31 bits per heavy atom. The first kappa shape index (κ1) is 10.8. The fourth-order valence-electron chi connectivity index (χ4n) is 1.01. The SMILES string of the molecule is OCCCCNCc1occc1Br. The zero-order valence-corrected chi connectivity index (χ0v) is 9.01. The van der Waals surface area contributed by atoms with Gasteiger partial charge in [-0.25, -0.2) is 0 Å². The van der Waals surface area contributed by atoms with Gasteiger partial charge in [-0.05, 0) is 41.4 Å². The van der Waals surface area contributed by atoms with Gasteiger partial charge in [-0.15, -0.1) is 0 Å². The maximum absolute atomic E-state index is 8.54. The maximum atomic E-state index is 8.54. The molecule has 1 aromatic rings. The van der Waals surface area contributed by atoms with Crippen molar-refractivity contribution < 1.29 is 9.52 Å². The number of halogens is 1. The van der Waals surface area contributed by atoms with Crippen LogP contribution in [0.4, 0.5) is 0 Å². The second-order valence-corrected chi connectivity index (χ2v) is 3.65. The highest BCUT2D eigenvalue weighted by atomic mass is 79.9. The fraction of sp³-hybridized carbons (Fsp3) is 0.556. The molecule has 0 unspecified atom stereocenters. The molecule has 0 radical (unpaired) electrons. The van der Waals surface area contributed by atoms with Crippen LogP contribution < -0.4 is 5.32 Å². The van der Waals surface area contributed by atoms with Crippen molar-refractivity contribution in [2.45, 2.75) is 19.4 Å². The third-order valence-corrected chi connectivity index (χ3v) is 2.44. The monoisotopic (exact) mass is 247 g/mol. The number of unbranched alkanes of at least 4 members (excludes halogenated alkanes) is 1. The second-order valence-electron chi connectivity index (χ2n) is 2.80. The quantitative estimate of drug-likeness (QED) is 0.756. The molecule has 0 aliphatic carbocycles. The van der Waals surface area contributed by atoms with Gasteiger partial charge in [-0.1, -0.05) is 0 Å². The topological polar surface area (TPSA) is 45.4 Å². The summed E-state index contributed by atoms with van der Waals surface area (Å²) < 4.78 is 6.21. The summed E-state index contributed by atoms with van der Waals surface area (Å²) in [6.45, 7) is 1.92. The molecular weight excluding hydrogens is 234 g/mol. The fourth-order valence-corrected chi connectivity index (χ4v) is 1.36. The van der Waals surface area contributed by atoms with Crippen molar-refractivity contribution >= 4 is 15.9 Å². The van der Waals surface area contributed by atoms with Gasteiger partial charge in [0.15, 0.2) is 0 Å². The molecule has 2 N–H and O–H groups in total. The molecule has 0 aliphatic rings. The van der Waals surface area contributed by atoms with Crippen LogP contribution in [0, 0.1) is 0 Å². The molecule has 0 saturated heterocycles. The largest absolute Gasteiger partial charge is 0.467 e. The van der Waals surface area contributed by atoms with Gasteiger partial charge in [-0.3, -0.25) is 0 Å². The number of nitrogens with one attached hydrogen (secondary N) is 1. The number of hydrogen-bond acceptors (Lipinski definition) is 3. The van der Waals surface area contributed by atoms with Crippen molar-refractivity contribution in [3.05, 3.63) is 22.6 Å². The van der Waals surface area contributed by atoms with Gasteiger partial charge in [0.1, 0.15) is 5.76 Å². The summed E-state index contributed by atoms with van der Waals surface area (Å²) in [5.74, 6) is 0.920. The normalized spacial score (nSPS) is 10.6. The van der Waals surface area contributed by atoms with E-state index in [1.165, 1.54) is 0 Å². The van der Waals surface area contributed by atoms with E-state index in [0.717, 1.165) is 36.2 Å². The van der Waals surface area contributed by atoms with Crippen molar-refractivity contribution in [3.8, 4) is 0 Å². The molecular formula is C9H14BrNO2. The summed E-state index contributed by atoms with van der Waals surface area (Å²) in [6, 6.07) is 1.88. The molecule has 3 nitrogen and oxygen atoms in total. The highest BCUT2D eigenvalue weighted by Gasteiger charge is 2.01. The lowest BCUT2D eigenvalue weighted by molar-refractivity contribution is 0.283. The second kappa shape index (κ2) is 6.18. The minimum atomic E-state index is 0.270. The number of hydrogen-bond donors (Lipinski definition) is 2. The van der Waals surface area contributed by atoms with Gasteiger partial charge < -0.3 is 14.8 Å². The standard InChI is InChI=1S/C9H14BrNO2/c10-8-3-6-13-9(8)7-11-4-1-2-5-12/h3,6,11-12H,1-2,4-5,7H2. The molecule has 1 heterocycles. The van der Waals surface area contributed by atoms with Crippen molar-refractivity contribution in [3.63, 3.8) is 0 Å². The molecule has 4 heteroatoms. The van der Waals surface area contributed by atoms with E-state index in [0.29, 0.717) is 0 Å². The first-order chi connectivity index (χ1) is 6.34. The van der Waals surface area contributed by atoms with E-state index in [4.69, 9.17) is 9.52 Å². The first-order valence-electron chi connectivity index (χ1n) is 4.38. The Morgan fingerprint density at radius 3 is 2.92 bits per heavy atom. The van der Waals surface area contributed by atoms with E-state index in [-0.39, 0.29) is 6.61 Å². The van der Waals surface area contributed by atoms with Crippen LogP contribution >= 0.6 is 15.9 Å². The Kier molecular flexibility index (Phi) is 5.12. The van der Waals surface area contributed by atoms with Crippen LogP contribution in [0.2, 0.25) is 0 Å². The van der Waals surface area contributed by atoms with Gasteiger partial charge in [-0.2, -0.15) is 0 Å². The van der Waals surface area contributed by atoms with Crippen LogP contribution in [0.5, 0.6) is 0 Å². The average Bonchev–Trinajstić information content (AvgIpc) is 2.52. The van der Waals surface area contributed by atoms with E-state index >= 15 is 0 Å². The Bertz CT molecular complexity index is 237. The van der Waals surface area contributed by atoms with Crippen LogP contribution in [-0.2, 0) is 6.54 Å². The summed E-state index contributed by atoms with van der Waals surface area (Å²) in [4.78, 5) is 0. The van der Waals surface area contributed by atoms with E-state index in [1.54, 1.807) is 6.26 Å². The number of aliphatic hydroxyl groups excluding tert-OH is 1. The Balaban J connectivity index is 2.10. The Hall–Kier alpha value is -0.320. The van der Waals surface area contributed by atoms with Crippen LogP contribution in [0.1, 0.15) is 18.6 Å². The summed E-state index contributed by atoms with van der Waals surface area (Å²) in [7, 11) is 0. The molecule has 0 amide bonds. The maximum Gasteiger partial charge on any atom is 0.131 e. The molecule has 0 aromatic carbocycles. The van der Waals surface area contributed by atoms with Crippen molar-refractivity contribution in [1.82, 2.24) is 5.32 Å². The van der Waals surface area contributed by atoms with Crippen molar-refractivity contribution in [1.29, 1.82) is 0 Å². The summed E-state index contributed by atoms with van der Waals surface area (Å²) in [5.41, 5.74) is 0. The lowest BCUT2D eigenvalue weighted by Gasteiger charge is -2.01. The molecule has 1 aromatic heterocycles. The predicted octanol–water partition coefficient (Wildman–Crippen LogP) is 1.90. The predicted molar refractivity (Wildman–Crippen MR) is 54.4 cm³/mol. The number of aliphatic hydroxyl groups is 1. The van der Waals surface area contributed by atoms with Crippen molar-refractivity contribution in [2.75, 3.05) is 13.2 Å². The van der Waals surface area contributed by atoms with Crippen LogP contribution in [0.3, 0.4) is 0 Å². The van der Waals surface area contributed by atoms with E-state index in [1.807, 2.05) is 6.07 Å². The molecule has 0 atom stereocenters. The minimum absolute atomic E-state index is 0.270. The molecule has 0 spiro atoms. The van der Waals surface area contributed by atoms with Gasteiger partial charge in [0, 0.05) is 6.61 Å². The first-order valence-corrected chi connectivity index (χ1v) is 5.17. The van der Waals surface area contributed by atoms with Crippen LogP contribution in [0.25, 0.3) is 0 Å². The Morgan fingerprint density at radius 1 is 1.46 bits per heavy atom. The van der Waals surface area contributed by atoms with Crippen LogP contribution in [-0.4, -0.2) is 18.3 Å².